The third kappa shape index (κ3) is 2.31. The van der Waals surface area contributed by atoms with Crippen molar-refractivity contribution in [3.05, 3.63) is 38.5 Å². The number of nitrogens with zero attached hydrogens (tertiary/aromatic N) is 2. The number of nitriles is 1. The lowest BCUT2D eigenvalue weighted by atomic mass is 10.2. The van der Waals surface area contributed by atoms with Crippen molar-refractivity contribution in [3.8, 4) is 6.07 Å². The summed E-state index contributed by atoms with van der Waals surface area (Å²) in [6.45, 7) is 0. The predicted molar refractivity (Wildman–Crippen MR) is 71.9 cm³/mol. The molecular formula is C13H10N2S2. The molecule has 1 aliphatic carbocycles. The predicted octanol–water partition coefficient (Wildman–Crippen LogP) is 4.15. The highest BCUT2D eigenvalue weighted by atomic mass is 32.1. The quantitative estimate of drug-likeness (QED) is 0.776. The lowest BCUT2D eigenvalue weighted by Gasteiger charge is -1.91. The molecular weight excluding hydrogens is 248 g/mol. The number of allylic oxidation sites excluding steroid dienone is 1. The van der Waals surface area contributed by atoms with Crippen LogP contribution in [-0.2, 0) is 0 Å². The normalized spacial score (nSPS) is 15.8. The van der Waals surface area contributed by atoms with Crippen LogP contribution >= 0.6 is 22.7 Å². The largest absolute Gasteiger partial charge is 0.240 e. The summed E-state index contributed by atoms with van der Waals surface area (Å²) in [6.07, 6.45) is 4.42. The first-order valence-corrected chi connectivity index (χ1v) is 7.24. The van der Waals surface area contributed by atoms with Gasteiger partial charge in [-0.3, -0.25) is 0 Å². The van der Waals surface area contributed by atoms with E-state index >= 15 is 0 Å². The Balaban J connectivity index is 1.91. The van der Waals surface area contributed by atoms with Gasteiger partial charge in [0.05, 0.1) is 11.3 Å². The van der Waals surface area contributed by atoms with Gasteiger partial charge in [0.2, 0.25) is 0 Å². The molecule has 1 saturated carbocycles. The Hall–Kier alpha value is -1.44. The minimum atomic E-state index is 0.654. The molecule has 0 atom stereocenters. The molecule has 0 N–H and O–H groups in total. The molecule has 2 aromatic heterocycles. The molecule has 1 aliphatic rings. The second kappa shape index (κ2) is 4.44. The summed E-state index contributed by atoms with van der Waals surface area (Å²) in [5, 5.41) is 14.1. The van der Waals surface area contributed by atoms with Crippen molar-refractivity contribution in [1.82, 2.24) is 4.98 Å². The lowest BCUT2D eigenvalue weighted by molar-refractivity contribution is 1.05. The van der Waals surface area contributed by atoms with E-state index in [0.29, 0.717) is 11.5 Å². The molecule has 0 spiro atoms. The van der Waals surface area contributed by atoms with Crippen LogP contribution in [0, 0.1) is 11.3 Å². The molecule has 0 amide bonds. The van der Waals surface area contributed by atoms with Gasteiger partial charge in [0.25, 0.3) is 0 Å². The maximum Gasteiger partial charge on any atom is 0.134 e. The molecule has 0 aliphatic heterocycles. The Kier molecular flexibility index (Phi) is 2.79. The van der Waals surface area contributed by atoms with Gasteiger partial charge in [-0.25, -0.2) is 4.98 Å². The second-order valence-electron chi connectivity index (χ2n) is 4.04. The first kappa shape index (κ1) is 10.7. The van der Waals surface area contributed by atoms with Gasteiger partial charge in [-0.15, -0.1) is 22.7 Å². The molecule has 0 saturated heterocycles. The summed E-state index contributed by atoms with van der Waals surface area (Å²) in [4.78, 5) is 5.66. The number of hydrogen-bond donors (Lipinski definition) is 0. The molecule has 0 aromatic carbocycles. The highest BCUT2D eigenvalue weighted by Crippen LogP contribution is 2.40. The highest BCUT2D eigenvalue weighted by Gasteiger charge is 2.26. The molecule has 0 bridgehead atoms. The van der Waals surface area contributed by atoms with Crippen molar-refractivity contribution in [1.29, 1.82) is 5.26 Å². The van der Waals surface area contributed by atoms with E-state index in [0.717, 1.165) is 15.6 Å². The van der Waals surface area contributed by atoms with Crippen LogP contribution in [0.25, 0.3) is 11.6 Å². The zero-order valence-electron chi connectivity index (χ0n) is 9.09. The van der Waals surface area contributed by atoms with Crippen LogP contribution in [0.5, 0.6) is 0 Å². The molecule has 3 rings (SSSR count). The summed E-state index contributed by atoms with van der Waals surface area (Å²) >= 11 is 3.21. The number of thiophene rings is 1. The fraction of sp³-hybridized carbons (Fsp3) is 0.231. The number of thiazole rings is 1. The van der Waals surface area contributed by atoms with Crippen molar-refractivity contribution < 1.29 is 0 Å². The van der Waals surface area contributed by atoms with Crippen LogP contribution < -0.4 is 0 Å². The summed E-state index contributed by atoms with van der Waals surface area (Å²) in [5.74, 6) is 0.654. The average Bonchev–Trinajstić information content (AvgIpc) is 2.89. The maximum atomic E-state index is 9.19. The SMILES string of the molecule is N#C/C(=C/c1cccs1)c1nc(C2CC2)cs1. The summed E-state index contributed by atoms with van der Waals surface area (Å²) < 4.78 is 0. The fourth-order valence-corrected chi connectivity index (χ4v) is 3.16. The van der Waals surface area contributed by atoms with Crippen molar-refractivity contribution in [2.45, 2.75) is 18.8 Å². The van der Waals surface area contributed by atoms with E-state index < -0.39 is 0 Å². The Labute approximate surface area is 108 Å². The van der Waals surface area contributed by atoms with E-state index in [1.165, 1.54) is 12.8 Å². The Morgan fingerprint density at radius 1 is 1.47 bits per heavy atom. The second-order valence-corrected chi connectivity index (χ2v) is 5.87. The Morgan fingerprint density at radius 3 is 3.00 bits per heavy atom. The van der Waals surface area contributed by atoms with Crippen molar-refractivity contribution in [2.24, 2.45) is 0 Å². The monoisotopic (exact) mass is 258 g/mol. The molecule has 17 heavy (non-hydrogen) atoms. The van der Waals surface area contributed by atoms with E-state index in [-0.39, 0.29) is 0 Å². The minimum absolute atomic E-state index is 0.654. The van der Waals surface area contributed by atoms with Crippen LogP contribution in [-0.4, -0.2) is 4.98 Å². The minimum Gasteiger partial charge on any atom is -0.240 e. The third-order valence-electron chi connectivity index (χ3n) is 2.70. The Morgan fingerprint density at radius 2 is 2.35 bits per heavy atom. The van der Waals surface area contributed by atoms with Gasteiger partial charge in [-0.2, -0.15) is 5.26 Å². The summed E-state index contributed by atoms with van der Waals surface area (Å²) in [6, 6.07) is 6.25. The summed E-state index contributed by atoms with van der Waals surface area (Å²) in [5.41, 5.74) is 1.83. The standard InChI is InChI=1S/C13H10N2S2/c14-7-10(6-11-2-1-5-16-11)13-15-12(8-17-13)9-3-4-9/h1-2,5-6,8-9H,3-4H2/b10-6-. The van der Waals surface area contributed by atoms with Gasteiger partial charge in [-0.05, 0) is 30.4 Å². The maximum absolute atomic E-state index is 9.19. The smallest absolute Gasteiger partial charge is 0.134 e. The van der Waals surface area contributed by atoms with Crippen LogP contribution in [0.3, 0.4) is 0 Å². The van der Waals surface area contributed by atoms with Crippen LogP contribution in [0.1, 0.15) is 34.3 Å². The average molecular weight is 258 g/mol. The van der Waals surface area contributed by atoms with Crippen LogP contribution in [0.4, 0.5) is 0 Å². The van der Waals surface area contributed by atoms with Gasteiger partial charge in [-0.1, -0.05) is 6.07 Å². The zero-order chi connectivity index (χ0) is 11.7. The van der Waals surface area contributed by atoms with E-state index in [2.05, 4.69) is 16.4 Å². The number of hydrogen-bond acceptors (Lipinski definition) is 4. The highest BCUT2D eigenvalue weighted by molar-refractivity contribution is 7.11. The summed E-state index contributed by atoms with van der Waals surface area (Å²) in [7, 11) is 0. The topological polar surface area (TPSA) is 36.7 Å². The van der Waals surface area contributed by atoms with E-state index in [1.54, 1.807) is 22.7 Å². The molecule has 0 radical (unpaired) electrons. The van der Waals surface area contributed by atoms with E-state index in [4.69, 9.17) is 0 Å². The number of aromatic nitrogens is 1. The fourth-order valence-electron chi connectivity index (χ4n) is 1.63. The van der Waals surface area contributed by atoms with Crippen molar-refractivity contribution in [2.75, 3.05) is 0 Å². The molecule has 2 heterocycles. The molecule has 84 valence electrons. The van der Waals surface area contributed by atoms with Gasteiger partial charge >= 0.3 is 0 Å². The molecule has 2 aromatic rings. The van der Waals surface area contributed by atoms with Crippen molar-refractivity contribution in [3.63, 3.8) is 0 Å². The molecule has 0 unspecified atom stereocenters. The zero-order valence-corrected chi connectivity index (χ0v) is 10.7. The Bertz CT molecular complexity index is 583. The molecule has 4 heteroatoms. The van der Waals surface area contributed by atoms with E-state index in [1.807, 2.05) is 23.6 Å². The first-order chi connectivity index (χ1) is 8.36. The number of rotatable bonds is 3. The van der Waals surface area contributed by atoms with Crippen LogP contribution in [0.2, 0.25) is 0 Å². The van der Waals surface area contributed by atoms with Gasteiger partial charge < -0.3 is 0 Å². The molecule has 1 fully saturated rings. The van der Waals surface area contributed by atoms with Crippen molar-refractivity contribution >= 4 is 34.3 Å². The van der Waals surface area contributed by atoms with Crippen LogP contribution in [0.15, 0.2) is 22.9 Å². The van der Waals surface area contributed by atoms with Gasteiger partial charge in [0.15, 0.2) is 0 Å². The lowest BCUT2D eigenvalue weighted by Crippen LogP contribution is -1.82. The van der Waals surface area contributed by atoms with Gasteiger partial charge in [0, 0.05) is 16.2 Å². The molecule has 2 nitrogen and oxygen atoms in total. The first-order valence-electron chi connectivity index (χ1n) is 5.48. The third-order valence-corrected chi connectivity index (χ3v) is 4.41. The van der Waals surface area contributed by atoms with E-state index in [9.17, 15) is 5.26 Å². The van der Waals surface area contributed by atoms with Gasteiger partial charge in [0.1, 0.15) is 11.1 Å².